The van der Waals surface area contributed by atoms with Crippen LogP contribution in [0.4, 0.5) is 11.4 Å². The fourth-order valence-electron chi connectivity index (χ4n) is 5.84. The molecule has 0 amide bonds. The second kappa shape index (κ2) is 10.9. The minimum atomic E-state index is 0.637. The molecule has 0 bridgehead atoms. The van der Waals surface area contributed by atoms with E-state index in [0.29, 0.717) is 5.41 Å². The van der Waals surface area contributed by atoms with Gasteiger partial charge < -0.3 is 4.90 Å². The van der Waals surface area contributed by atoms with E-state index < -0.39 is 0 Å². The molecule has 2 aliphatic rings. The first kappa shape index (κ1) is 24.6. The Morgan fingerprint density at radius 2 is 1.59 bits per heavy atom. The minimum absolute atomic E-state index is 0.637. The summed E-state index contributed by atoms with van der Waals surface area (Å²) in [5, 5.41) is 3.17. The number of aliphatic imine (C=N–C) groups is 1. The second-order valence-corrected chi connectivity index (χ2v) is 12.2. The molecule has 1 saturated heterocycles. The van der Waals surface area contributed by atoms with Gasteiger partial charge in [-0.15, -0.1) is 11.3 Å². The Kier molecular flexibility index (Phi) is 7.25. The van der Waals surface area contributed by atoms with Crippen molar-refractivity contribution in [2.45, 2.75) is 44.9 Å². The Hall–Kier alpha value is -2.76. The van der Waals surface area contributed by atoms with Crippen LogP contribution in [0.2, 0.25) is 0 Å². The van der Waals surface area contributed by atoms with Gasteiger partial charge in [0.05, 0.1) is 11.4 Å². The van der Waals surface area contributed by atoms with Crippen LogP contribution in [0, 0.1) is 5.41 Å². The smallest absolute Gasteiger partial charge is 0.124 e. The number of hydrogen-bond acceptors (Lipinski definition) is 4. The molecule has 3 nitrogen and oxygen atoms in total. The van der Waals surface area contributed by atoms with Gasteiger partial charge in [-0.1, -0.05) is 83.7 Å². The maximum atomic E-state index is 4.83. The molecule has 188 valence electrons. The Morgan fingerprint density at radius 3 is 2.32 bits per heavy atom. The summed E-state index contributed by atoms with van der Waals surface area (Å²) in [6.07, 6.45) is 11.8. The third-order valence-electron chi connectivity index (χ3n) is 8.13. The fraction of sp³-hybridized carbons (Fsp3) is 0.312. The van der Waals surface area contributed by atoms with E-state index in [2.05, 4.69) is 92.9 Å². The van der Waals surface area contributed by atoms with Crippen molar-refractivity contribution in [3.63, 3.8) is 0 Å². The lowest BCUT2D eigenvalue weighted by atomic mass is 9.68. The first-order valence-electron chi connectivity index (χ1n) is 13.4. The molecule has 1 aliphatic carbocycles. The topological polar surface area (TPSA) is 28.5 Å². The lowest BCUT2D eigenvalue weighted by Gasteiger charge is -2.45. The van der Waals surface area contributed by atoms with Crippen LogP contribution in [0.25, 0.3) is 21.8 Å². The highest BCUT2D eigenvalue weighted by molar-refractivity contribution is 9.10. The number of thiazole rings is 1. The summed E-state index contributed by atoms with van der Waals surface area (Å²) in [5.74, 6) is 0. The number of hydrogen-bond donors (Lipinski definition) is 0. The number of anilines is 1. The summed E-state index contributed by atoms with van der Waals surface area (Å²) in [6.45, 7) is 2.36. The summed E-state index contributed by atoms with van der Waals surface area (Å²) in [5.41, 5.74) is 7.26. The van der Waals surface area contributed by atoms with Crippen LogP contribution in [0.5, 0.6) is 0 Å². The zero-order valence-electron chi connectivity index (χ0n) is 21.1. The lowest BCUT2D eigenvalue weighted by molar-refractivity contribution is 0.144. The van der Waals surface area contributed by atoms with Crippen molar-refractivity contribution in [1.82, 2.24) is 4.98 Å². The minimum Gasteiger partial charge on any atom is -0.371 e. The third-order valence-corrected chi connectivity index (χ3v) is 9.71. The van der Waals surface area contributed by atoms with Crippen molar-refractivity contribution in [3.8, 4) is 21.8 Å². The zero-order chi connectivity index (χ0) is 25.1. The van der Waals surface area contributed by atoms with Crippen LogP contribution in [0.3, 0.4) is 0 Å². The monoisotopic (exact) mass is 569 g/mol. The van der Waals surface area contributed by atoms with Gasteiger partial charge in [0.1, 0.15) is 5.01 Å². The van der Waals surface area contributed by atoms with Crippen molar-refractivity contribution in [3.05, 3.63) is 88.2 Å². The summed E-state index contributed by atoms with van der Waals surface area (Å²) >= 11 is 5.47. The third kappa shape index (κ3) is 5.58. The molecule has 1 saturated carbocycles. The SMILES string of the molecule is Brc1cc(N2CCC3(CCCCC3)CC2)ccc1C=Nc1ccc(-c2csc(-c3ccccc3)n2)cc1. The van der Waals surface area contributed by atoms with E-state index in [9.17, 15) is 0 Å². The van der Waals surface area contributed by atoms with E-state index in [1.807, 2.05) is 12.3 Å². The van der Waals surface area contributed by atoms with Gasteiger partial charge in [-0.3, -0.25) is 4.99 Å². The molecule has 1 spiro atoms. The molecule has 0 unspecified atom stereocenters. The van der Waals surface area contributed by atoms with Crippen LogP contribution in [-0.2, 0) is 0 Å². The number of nitrogens with zero attached hydrogens (tertiary/aromatic N) is 3. The van der Waals surface area contributed by atoms with Crippen LogP contribution < -0.4 is 4.90 Å². The van der Waals surface area contributed by atoms with Gasteiger partial charge in [0.15, 0.2) is 0 Å². The molecule has 0 atom stereocenters. The molecule has 5 heteroatoms. The number of piperidine rings is 1. The summed E-state index contributed by atoms with van der Waals surface area (Å²) < 4.78 is 1.10. The molecule has 1 aromatic heterocycles. The standard InChI is InChI=1S/C32H32BrN3S/c33-29-21-28(36-19-17-32(18-20-36)15-5-2-6-16-32)14-11-26(29)22-34-27-12-9-24(10-13-27)30-23-37-31(35-30)25-7-3-1-4-8-25/h1,3-4,7-14,21-23H,2,5-6,15-20H2. The zero-order valence-corrected chi connectivity index (χ0v) is 23.5. The highest BCUT2D eigenvalue weighted by atomic mass is 79.9. The van der Waals surface area contributed by atoms with E-state index >= 15 is 0 Å². The van der Waals surface area contributed by atoms with Crippen molar-refractivity contribution >= 4 is 44.9 Å². The van der Waals surface area contributed by atoms with E-state index in [1.165, 1.54) is 63.7 Å². The van der Waals surface area contributed by atoms with E-state index in [4.69, 9.17) is 9.98 Å². The lowest BCUT2D eigenvalue weighted by Crippen LogP contribution is -2.41. The van der Waals surface area contributed by atoms with Crippen molar-refractivity contribution < 1.29 is 0 Å². The Bertz CT molecular complexity index is 1360. The second-order valence-electron chi connectivity index (χ2n) is 10.5. The maximum absolute atomic E-state index is 4.83. The largest absolute Gasteiger partial charge is 0.371 e. The van der Waals surface area contributed by atoms with Gasteiger partial charge in [0, 0.05) is 51.5 Å². The van der Waals surface area contributed by atoms with E-state index in [1.54, 1.807) is 11.3 Å². The van der Waals surface area contributed by atoms with Gasteiger partial charge in [0.25, 0.3) is 0 Å². The maximum Gasteiger partial charge on any atom is 0.124 e. The molecule has 4 aromatic rings. The van der Waals surface area contributed by atoms with Gasteiger partial charge in [0.2, 0.25) is 0 Å². The molecular weight excluding hydrogens is 538 g/mol. The van der Waals surface area contributed by atoms with Crippen LogP contribution in [0.15, 0.2) is 87.6 Å². The average Bonchev–Trinajstić information content (AvgIpc) is 3.45. The van der Waals surface area contributed by atoms with E-state index in [0.717, 1.165) is 37.6 Å². The Morgan fingerprint density at radius 1 is 0.838 bits per heavy atom. The first-order valence-corrected chi connectivity index (χ1v) is 15.0. The van der Waals surface area contributed by atoms with Crippen LogP contribution in [-0.4, -0.2) is 24.3 Å². The highest BCUT2D eigenvalue weighted by Gasteiger charge is 2.35. The summed E-state index contributed by atoms with van der Waals surface area (Å²) in [4.78, 5) is 12.1. The number of rotatable bonds is 5. The van der Waals surface area contributed by atoms with Crippen LogP contribution in [0.1, 0.15) is 50.5 Å². The van der Waals surface area contributed by atoms with Gasteiger partial charge in [-0.05, 0) is 55.4 Å². The van der Waals surface area contributed by atoms with Gasteiger partial charge >= 0.3 is 0 Å². The fourth-order valence-corrected chi connectivity index (χ4v) is 7.14. The highest BCUT2D eigenvalue weighted by Crippen LogP contribution is 2.45. The van der Waals surface area contributed by atoms with Gasteiger partial charge in [-0.2, -0.15) is 0 Å². The molecular formula is C32H32BrN3S. The normalized spacial score (nSPS) is 17.5. The first-order chi connectivity index (χ1) is 18.2. The average molecular weight is 571 g/mol. The summed E-state index contributed by atoms with van der Waals surface area (Å²) in [6, 6.07) is 25.4. The molecule has 6 rings (SSSR count). The van der Waals surface area contributed by atoms with Gasteiger partial charge in [-0.25, -0.2) is 4.98 Å². The molecule has 37 heavy (non-hydrogen) atoms. The number of aromatic nitrogens is 1. The number of benzene rings is 3. The predicted octanol–water partition coefficient (Wildman–Crippen LogP) is 9.54. The van der Waals surface area contributed by atoms with Crippen molar-refractivity contribution in [2.75, 3.05) is 18.0 Å². The van der Waals surface area contributed by atoms with Crippen molar-refractivity contribution in [1.29, 1.82) is 0 Å². The molecule has 3 aromatic carbocycles. The quantitative estimate of drug-likeness (QED) is 0.224. The van der Waals surface area contributed by atoms with Crippen LogP contribution >= 0.6 is 27.3 Å². The molecule has 1 aliphatic heterocycles. The molecule has 2 heterocycles. The Labute approximate surface area is 232 Å². The molecule has 2 fully saturated rings. The predicted molar refractivity (Wildman–Crippen MR) is 161 cm³/mol. The van der Waals surface area contributed by atoms with E-state index in [-0.39, 0.29) is 0 Å². The molecule has 0 radical (unpaired) electrons. The Balaban J connectivity index is 1.09. The number of halogens is 1. The summed E-state index contributed by atoms with van der Waals surface area (Å²) in [7, 11) is 0. The molecule has 0 N–H and O–H groups in total. The van der Waals surface area contributed by atoms with Crippen molar-refractivity contribution in [2.24, 2.45) is 10.4 Å².